The van der Waals surface area contributed by atoms with E-state index in [1.165, 1.54) is 173 Å². The second-order valence-electron chi connectivity index (χ2n) is 16.7. The largest absolute Gasteiger partial charge is 0.472 e. The summed E-state index contributed by atoms with van der Waals surface area (Å²) in [6, 6.07) is 0. The summed E-state index contributed by atoms with van der Waals surface area (Å²) in [5.74, 6) is -0.818. The summed E-state index contributed by atoms with van der Waals surface area (Å²) in [5, 5.41) is 0. The van der Waals surface area contributed by atoms with Crippen LogP contribution in [0.4, 0.5) is 0 Å². The van der Waals surface area contributed by atoms with Crippen LogP contribution in [0.1, 0.15) is 245 Å². The molecule has 2 atom stereocenters. The Hall–Kier alpha value is -1.51. The predicted octanol–water partition coefficient (Wildman–Crippen LogP) is 14.7. The lowest BCUT2D eigenvalue weighted by Crippen LogP contribution is -2.29. The molecule has 0 aromatic carbocycles. The average Bonchev–Trinajstić information content (AvgIpc) is 3.22. The molecule has 0 heterocycles. The lowest BCUT2D eigenvalue weighted by molar-refractivity contribution is -0.161. The second-order valence-corrected chi connectivity index (χ2v) is 18.1. The smallest absolute Gasteiger partial charge is 0.462 e. The van der Waals surface area contributed by atoms with E-state index >= 15 is 0 Å². The number of rotatable bonds is 47. The summed E-state index contributed by atoms with van der Waals surface area (Å²) in [5.41, 5.74) is 5.35. The lowest BCUT2D eigenvalue weighted by atomic mass is 10.0. The fraction of sp³-hybridized carbons (Fsp3) is 0.878. The first-order valence-corrected chi connectivity index (χ1v) is 26.3. The highest BCUT2D eigenvalue weighted by Crippen LogP contribution is 2.43. The molecule has 0 amide bonds. The van der Waals surface area contributed by atoms with Crippen molar-refractivity contribution < 1.29 is 37.6 Å². The molecule has 3 N–H and O–H groups in total. The van der Waals surface area contributed by atoms with E-state index in [2.05, 4.69) is 38.2 Å². The molecule has 0 spiro atoms. The second kappa shape index (κ2) is 46.0. The number of hydrogen-bond donors (Lipinski definition) is 2. The van der Waals surface area contributed by atoms with Crippen LogP contribution in [0.2, 0.25) is 0 Å². The molecule has 0 aliphatic rings. The van der Waals surface area contributed by atoms with Gasteiger partial charge in [0.25, 0.3) is 0 Å². The maximum Gasteiger partial charge on any atom is 0.472 e. The minimum Gasteiger partial charge on any atom is -0.462 e. The van der Waals surface area contributed by atoms with Gasteiger partial charge in [-0.1, -0.05) is 212 Å². The van der Waals surface area contributed by atoms with E-state index in [1.807, 2.05) is 0 Å². The van der Waals surface area contributed by atoms with Crippen LogP contribution < -0.4 is 5.73 Å². The minimum atomic E-state index is -4.37. The Morgan fingerprint density at radius 1 is 0.508 bits per heavy atom. The summed E-state index contributed by atoms with van der Waals surface area (Å²) >= 11 is 0. The Labute approximate surface area is 363 Å². The number of phosphoric ester groups is 1. The highest BCUT2D eigenvalue weighted by atomic mass is 31.2. The van der Waals surface area contributed by atoms with Crippen LogP contribution in [0.25, 0.3) is 0 Å². The number of esters is 2. The van der Waals surface area contributed by atoms with Crippen molar-refractivity contribution in [1.29, 1.82) is 0 Å². The van der Waals surface area contributed by atoms with Gasteiger partial charge in [-0.15, -0.1) is 0 Å². The van der Waals surface area contributed by atoms with Crippen LogP contribution in [0.15, 0.2) is 24.3 Å². The van der Waals surface area contributed by atoms with Crippen LogP contribution in [-0.4, -0.2) is 49.3 Å². The first-order valence-electron chi connectivity index (χ1n) is 24.8. The van der Waals surface area contributed by atoms with E-state index in [9.17, 15) is 19.0 Å². The molecule has 0 fully saturated rings. The monoisotopic (exact) mass is 856 g/mol. The summed E-state index contributed by atoms with van der Waals surface area (Å²) in [6.07, 6.45) is 50.8. The third-order valence-corrected chi connectivity index (χ3v) is 11.8. The minimum absolute atomic E-state index is 0.0558. The van der Waals surface area contributed by atoms with Crippen molar-refractivity contribution in [2.45, 2.75) is 251 Å². The molecule has 0 radical (unpaired) electrons. The molecule has 0 saturated carbocycles. The van der Waals surface area contributed by atoms with Crippen LogP contribution in [0.5, 0.6) is 0 Å². The molecule has 0 aliphatic heterocycles. The SMILES string of the molecule is CCCCCCC/C=C\C/C=C\CCCCCCCCCCCCCCCCCC(=O)OC(COC(=O)CCCCCCCCCCCCC)COP(=O)(O)OCCN. The average molecular weight is 856 g/mol. The van der Waals surface area contributed by atoms with Gasteiger partial charge in [-0.25, -0.2) is 4.57 Å². The predicted molar refractivity (Wildman–Crippen MR) is 247 cm³/mol. The van der Waals surface area contributed by atoms with E-state index in [0.717, 1.165) is 38.5 Å². The number of phosphoric acid groups is 1. The van der Waals surface area contributed by atoms with Crippen molar-refractivity contribution in [2.75, 3.05) is 26.4 Å². The molecule has 0 aliphatic carbocycles. The molecule has 0 rings (SSSR count). The molecule has 59 heavy (non-hydrogen) atoms. The summed E-state index contributed by atoms with van der Waals surface area (Å²) in [6.45, 7) is 3.74. The van der Waals surface area contributed by atoms with Crippen LogP contribution in [0, 0.1) is 0 Å². The molecule has 0 bridgehead atoms. The Bertz CT molecular complexity index is 1020. The molecule has 0 aromatic rings. The number of carbonyl (C=O) groups is 2. The highest BCUT2D eigenvalue weighted by Gasteiger charge is 2.26. The van der Waals surface area contributed by atoms with Crippen molar-refractivity contribution in [3.63, 3.8) is 0 Å². The summed E-state index contributed by atoms with van der Waals surface area (Å²) in [7, 11) is -4.37. The van der Waals surface area contributed by atoms with E-state index in [-0.39, 0.29) is 38.6 Å². The molecule has 10 heteroatoms. The zero-order valence-corrected chi connectivity index (χ0v) is 39.4. The van der Waals surface area contributed by atoms with Crippen molar-refractivity contribution in [1.82, 2.24) is 0 Å². The van der Waals surface area contributed by atoms with Crippen molar-refractivity contribution in [2.24, 2.45) is 5.73 Å². The Kier molecular flexibility index (Phi) is 44.8. The number of carbonyl (C=O) groups excluding carboxylic acids is 2. The molecule has 0 aromatic heterocycles. The molecular weight excluding hydrogens is 762 g/mol. The lowest BCUT2D eigenvalue weighted by Gasteiger charge is -2.19. The highest BCUT2D eigenvalue weighted by molar-refractivity contribution is 7.47. The Balaban J connectivity index is 3.93. The summed E-state index contributed by atoms with van der Waals surface area (Å²) in [4.78, 5) is 34.9. The van der Waals surface area contributed by atoms with Crippen molar-refractivity contribution in [3.8, 4) is 0 Å². The fourth-order valence-electron chi connectivity index (χ4n) is 7.14. The van der Waals surface area contributed by atoms with Gasteiger partial charge in [-0.2, -0.15) is 0 Å². The van der Waals surface area contributed by atoms with Gasteiger partial charge in [-0.3, -0.25) is 18.6 Å². The van der Waals surface area contributed by atoms with Crippen LogP contribution in [0.3, 0.4) is 0 Å². The molecule has 0 saturated heterocycles. The van der Waals surface area contributed by atoms with Crippen LogP contribution in [-0.2, 0) is 32.7 Å². The molecule has 2 unspecified atom stereocenters. The van der Waals surface area contributed by atoms with E-state index < -0.39 is 26.5 Å². The Morgan fingerprint density at radius 2 is 0.881 bits per heavy atom. The Morgan fingerprint density at radius 3 is 1.29 bits per heavy atom. The summed E-state index contributed by atoms with van der Waals surface area (Å²) < 4.78 is 32.8. The van der Waals surface area contributed by atoms with Gasteiger partial charge in [0.1, 0.15) is 6.61 Å². The zero-order chi connectivity index (χ0) is 43.2. The third kappa shape index (κ3) is 45.8. The van der Waals surface area contributed by atoms with Crippen LogP contribution >= 0.6 is 7.82 Å². The van der Waals surface area contributed by atoms with E-state index in [4.69, 9.17) is 24.3 Å². The van der Waals surface area contributed by atoms with Gasteiger partial charge >= 0.3 is 19.8 Å². The number of ether oxygens (including phenoxy) is 2. The molecule has 9 nitrogen and oxygen atoms in total. The van der Waals surface area contributed by atoms with Gasteiger partial charge in [-0.05, 0) is 44.9 Å². The van der Waals surface area contributed by atoms with E-state index in [1.54, 1.807) is 0 Å². The topological polar surface area (TPSA) is 134 Å². The van der Waals surface area contributed by atoms with Gasteiger partial charge in [0.15, 0.2) is 6.10 Å². The van der Waals surface area contributed by atoms with Gasteiger partial charge in [0, 0.05) is 19.4 Å². The zero-order valence-electron chi connectivity index (χ0n) is 38.5. The van der Waals surface area contributed by atoms with Crippen molar-refractivity contribution in [3.05, 3.63) is 24.3 Å². The standard InChI is InChI=1S/C49H94NO8P/c1-3-5-7-9-11-13-15-16-17-18-19-20-21-22-23-24-25-26-27-28-29-30-32-34-36-38-40-42-49(52)58-47(46-57-59(53,54)56-44-43-50)45-55-48(51)41-39-37-35-33-31-14-12-10-8-6-4-2/h15-16,18-19,47H,3-14,17,20-46,50H2,1-2H3,(H,53,54)/b16-15-,19-18-. The molecular formula is C49H94NO8P. The number of hydrogen-bond acceptors (Lipinski definition) is 8. The maximum atomic E-state index is 12.6. The fourth-order valence-corrected chi connectivity index (χ4v) is 7.90. The molecule has 348 valence electrons. The first kappa shape index (κ1) is 57.5. The number of unbranched alkanes of at least 4 members (excludes halogenated alkanes) is 30. The number of nitrogens with two attached hydrogens (primary N) is 1. The van der Waals surface area contributed by atoms with Gasteiger partial charge in [0.05, 0.1) is 13.2 Å². The third-order valence-electron chi connectivity index (χ3n) is 10.8. The first-order chi connectivity index (χ1) is 28.8. The number of allylic oxidation sites excluding steroid dienone is 4. The quantitative estimate of drug-likeness (QED) is 0.0265. The van der Waals surface area contributed by atoms with Gasteiger partial charge in [0.2, 0.25) is 0 Å². The normalized spacial score (nSPS) is 13.4. The van der Waals surface area contributed by atoms with Gasteiger partial charge < -0.3 is 20.1 Å². The van der Waals surface area contributed by atoms with Crippen molar-refractivity contribution >= 4 is 19.8 Å². The van der Waals surface area contributed by atoms with E-state index in [0.29, 0.717) is 6.42 Å². The maximum absolute atomic E-state index is 12.6.